The van der Waals surface area contributed by atoms with Crippen LogP contribution in [0.3, 0.4) is 0 Å². The van der Waals surface area contributed by atoms with Crippen molar-refractivity contribution in [2.24, 2.45) is 0 Å². The molecule has 5 nitrogen and oxygen atoms in total. The average molecular weight is 301 g/mol. The van der Waals surface area contributed by atoms with E-state index in [2.05, 4.69) is 26.9 Å². The maximum Gasteiger partial charge on any atom is 0.223 e. The summed E-state index contributed by atoms with van der Waals surface area (Å²) in [6.45, 7) is 4.47. The molecule has 0 N–H and O–H groups in total. The number of nitrogens with zero attached hydrogens (tertiary/aromatic N) is 3. The van der Waals surface area contributed by atoms with Crippen molar-refractivity contribution < 1.29 is 13.7 Å². The first-order chi connectivity index (χ1) is 10.7. The van der Waals surface area contributed by atoms with Crippen LogP contribution >= 0.6 is 0 Å². The molecule has 2 aromatic rings. The van der Waals surface area contributed by atoms with E-state index in [4.69, 9.17) is 9.26 Å². The third-order valence-corrected chi connectivity index (χ3v) is 3.36. The molecular formula is C16H16FN3O2. The van der Waals surface area contributed by atoms with E-state index in [0.717, 1.165) is 12.1 Å². The molecule has 0 aliphatic carbocycles. The van der Waals surface area contributed by atoms with Gasteiger partial charge in [-0.2, -0.15) is 4.98 Å². The van der Waals surface area contributed by atoms with E-state index in [0.29, 0.717) is 31.4 Å². The van der Waals surface area contributed by atoms with Gasteiger partial charge in [-0.3, -0.25) is 4.90 Å². The molecular weight excluding hydrogens is 285 g/mol. The highest BCUT2D eigenvalue weighted by Gasteiger charge is 2.25. The summed E-state index contributed by atoms with van der Waals surface area (Å²) in [5.41, 5.74) is 0.806. The van der Waals surface area contributed by atoms with Crippen molar-refractivity contribution >= 4 is 0 Å². The van der Waals surface area contributed by atoms with Crippen LogP contribution in [0.25, 0.3) is 0 Å². The molecule has 0 saturated carbocycles. The zero-order valence-electron chi connectivity index (χ0n) is 12.3. The highest BCUT2D eigenvalue weighted by atomic mass is 19.1. The summed E-state index contributed by atoms with van der Waals surface area (Å²) in [6, 6.07) is 6.17. The minimum atomic E-state index is -0.253. The lowest BCUT2D eigenvalue weighted by atomic mass is 10.2. The minimum absolute atomic E-state index is 0.182. The van der Waals surface area contributed by atoms with Gasteiger partial charge in [-0.15, -0.1) is 0 Å². The molecule has 0 radical (unpaired) electrons. The number of halogens is 1. The summed E-state index contributed by atoms with van der Waals surface area (Å²) in [6.07, 6.45) is -0.182. The monoisotopic (exact) mass is 301 g/mol. The summed E-state index contributed by atoms with van der Waals surface area (Å²) in [5.74, 6) is 6.99. The van der Waals surface area contributed by atoms with Gasteiger partial charge in [0.2, 0.25) is 11.7 Å². The molecule has 3 rings (SSSR count). The van der Waals surface area contributed by atoms with Crippen LogP contribution in [0.4, 0.5) is 4.39 Å². The molecule has 1 atom stereocenters. The third-order valence-electron chi connectivity index (χ3n) is 3.36. The lowest BCUT2D eigenvalue weighted by Crippen LogP contribution is -2.38. The van der Waals surface area contributed by atoms with Crippen molar-refractivity contribution in [1.29, 1.82) is 0 Å². The van der Waals surface area contributed by atoms with E-state index in [9.17, 15) is 4.39 Å². The van der Waals surface area contributed by atoms with Crippen molar-refractivity contribution in [3.05, 3.63) is 47.4 Å². The van der Waals surface area contributed by atoms with E-state index in [-0.39, 0.29) is 11.9 Å². The maximum atomic E-state index is 12.8. The summed E-state index contributed by atoms with van der Waals surface area (Å²) < 4.78 is 23.5. The van der Waals surface area contributed by atoms with Gasteiger partial charge < -0.3 is 9.26 Å². The second-order valence-electron chi connectivity index (χ2n) is 5.07. The number of rotatable bonds is 2. The Bertz CT molecular complexity index is 687. The topological polar surface area (TPSA) is 51.4 Å². The quantitative estimate of drug-likeness (QED) is 0.794. The van der Waals surface area contributed by atoms with Gasteiger partial charge in [0, 0.05) is 25.6 Å². The summed E-state index contributed by atoms with van der Waals surface area (Å²) in [7, 11) is 0. The van der Waals surface area contributed by atoms with Gasteiger partial charge in [-0.25, -0.2) is 4.39 Å². The lowest BCUT2D eigenvalue weighted by molar-refractivity contribution is -0.0307. The Hall–Kier alpha value is -2.23. The van der Waals surface area contributed by atoms with Crippen molar-refractivity contribution in [2.45, 2.75) is 13.0 Å². The predicted octanol–water partition coefficient (Wildman–Crippen LogP) is 1.94. The lowest BCUT2D eigenvalue weighted by Gasteiger charge is -2.29. The first kappa shape index (κ1) is 14.7. The fourth-order valence-electron chi connectivity index (χ4n) is 2.23. The molecule has 1 aliphatic heterocycles. The Balaban J connectivity index is 1.58. The van der Waals surface area contributed by atoms with E-state index in [1.807, 2.05) is 0 Å². The Kier molecular flexibility index (Phi) is 4.47. The fourth-order valence-corrected chi connectivity index (χ4v) is 2.23. The average Bonchev–Trinajstić information content (AvgIpc) is 2.96. The SMILES string of the molecule is Cc1nc([C@H]2CN(CC#Cc3ccc(F)cc3)CCO2)no1. The first-order valence-electron chi connectivity index (χ1n) is 7.09. The van der Waals surface area contributed by atoms with Crippen molar-refractivity contribution in [3.63, 3.8) is 0 Å². The molecule has 1 aromatic carbocycles. The van der Waals surface area contributed by atoms with Gasteiger partial charge in [-0.1, -0.05) is 17.0 Å². The zero-order chi connectivity index (χ0) is 15.4. The normalized spacial score (nSPS) is 18.7. The van der Waals surface area contributed by atoms with E-state index < -0.39 is 0 Å². The van der Waals surface area contributed by atoms with Crippen LogP contribution < -0.4 is 0 Å². The molecule has 1 aliphatic rings. The molecule has 0 amide bonds. The minimum Gasteiger partial charge on any atom is -0.367 e. The number of hydrogen-bond donors (Lipinski definition) is 0. The van der Waals surface area contributed by atoms with Crippen LogP contribution in [-0.2, 0) is 4.74 Å². The Morgan fingerprint density at radius 3 is 2.91 bits per heavy atom. The number of ether oxygens (including phenoxy) is 1. The molecule has 114 valence electrons. The van der Waals surface area contributed by atoms with E-state index in [1.165, 1.54) is 12.1 Å². The maximum absolute atomic E-state index is 12.8. The fraction of sp³-hybridized carbons (Fsp3) is 0.375. The van der Waals surface area contributed by atoms with Crippen LogP contribution in [0.15, 0.2) is 28.8 Å². The predicted molar refractivity (Wildman–Crippen MR) is 77.4 cm³/mol. The zero-order valence-corrected chi connectivity index (χ0v) is 12.3. The number of benzene rings is 1. The van der Waals surface area contributed by atoms with Crippen molar-refractivity contribution in [2.75, 3.05) is 26.2 Å². The van der Waals surface area contributed by atoms with E-state index >= 15 is 0 Å². The summed E-state index contributed by atoms with van der Waals surface area (Å²) in [5, 5.41) is 3.90. The highest BCUT2D eigenvalue weighted by molar-refractivity contribution is 5.34. The number of morpholine rings is 1. The van der Waals surface area contributed by atoms with Gasteiger partial charge >= 0.3 is 0 Å². The van der Waals surface area contributed by atoms with Gasteiger partial charge in [0.25, 0.3) is 0 Å². The Morgan fingerprint density at radius 1 is 1.36 bits per heavy atom. The number of aryl methyl sites for hydroxylation is 1. The van der Waals surface area contributed by atoms with Crippen LogP contribution in [-0.4, -0.2) is 41.3 Å². The highest BCUT2D eigenvalue weighted by Crippen LogP contribution is 2.19. The molecule has 0 spiro atoms. The van der Waals surface area contributed by atoms with Crippen LogP contribution in [0.5, 0.6) is 0 Å². The molecule has 0 unspecified atom stereocenters. The molecule has 22 heavy (non-hydrogen) atoms. The summed E-state index contributed by atoms with van der Waals surface area (Å²) in [4.78, 5) is 6.38. The molecule has 1 fully saturated rings. The largest absolute Gasteiger partial charge is 0.367 e. The smallest absolute Gasteiger partial charge is 0.223 e. The van der Waals surface area contributed by atoms with Gasteiger partial charge in [-0.05, 0) is 24.3 Å². The standard InChI is InChI=1S/C16H16FN3O2/c1-12-18-16(19-22-12)15-11-20(9-10-21-15)8-2-3-13-4-6-14(17)7-5-13/h4-7,15H,8-11H2,1H3/t15-/m1/s1. The molecule has 2 heterocycles. The molecule has 6 heteroatoms. The summed E-state index contributed by atoms with van der Waals surface area (Å²) >= 11 is 0. The number of aromatic nitrogens is 2. The van der Waals surface area contributed by atoms with Crippen LogP contribution in [0.2, 0.25) is 0 Å². The third kappa shape index (κ3) is 3.70. The number of hydrogen-bond acceptors (Lipinski definition) is 5. The van der Waals surface area contributed by atoms with Crippen LogP contribution in [0.1, 0.15) is 23.4 Å². The molecule has 1 saturated heterocycles. The Morgan fingerprint density at radius 2 is 2.18 bits per heavy atom. The van der Waals surface area contributed by atoms with Gasteiger partial charge in [0.15, 0.2) is 0 Å². The van der Waals surface area contributed by atoms with Gasteiger partial charge in [0.1, 0.15) is 11.9 Å². The molecule has 0 bridgehead atoms. The second kappa shape index (κ2) is 6.69. The van der Waals surface area contributed by atoms with Gasteiger partial charge in [0.05, 0.1) is 13.2 Å². The second-order valence-corrected chi connectivity index (χ2v) is 5.07. The van der Waals surface area contributed by atoms with Crippen molar-refractivity contribution in [3.8, 4) is 11.8 Å². The van der Waals surface area contributed by atoms with Crippen LogP contribution in [0, 0.1) is 24.6 Å². The Labute approximate surface area is 128 Å². The first-order valence-corrected chi connectivity index (χ1v) is 7.09. The van der Waals surface area contributed by atoms with E-state index in [1.54, 1.807) is 19.1 Å². The van der Waals surface area contributed by atoms with Crippen molar-refractivity contribution in [1.82, 2.24) is 15.0 Å². The molecule has 1 aromatic heterocycles.